The minimum atomic E-state index is 0.621. The Morgan fingerprint density at radius 3 is 2.76 bits per heavy atom. The molecule has 6 heteroatoms. The van der Waals surface area contributed by atoms with Crippen molar-refractivity contribution in [2.24, 2.45) is 10.9 Å². The van der Waals surface area contributed by atoms with Crippen LogP contribution in [-0.2, 0) is 6.54 Å². The number of benzene rings is 1. The molecule has 0 amide bonds. The lowest BCUT2D eigenvalue weighted by atomic mass is 9.98. The van der Waals surface area contributed by atoms with Crippen molar-refractivity contribution in [3.63, 3.8) is 0 Å². The quantitative estimate of drug-likeness (QED) is 0.557. The molecule has 3 rings (SSSR count). The fourth-order valence-electron chi connectivity index (χ4n) is 4.08. The van der Waals surface area contributed by atoms with Gasteiger partial charge in [0.2, 0.25) is 0 Å². The van der Waals surface area contributed by atoms with E-state index in [0.717, 1.165) is 42.7 Å². The third-order valence-corrected chi connectivity index (χ3v) is 5.59. The Bertz CT molecular complexity index is 809. The fraction of sp³-hybridized carbons (Fsp3) is 0.565. The molecule has 2 N–H and O–H groups in total. The third kappa shape index (κ3) is 5.82. The highest BCUT2D eigenvalue weighted by Crippen LogP contribution is 2.18. The molecule has 1 aliphatic heterocycles. The van der Waals surface area contributed by atoms with Crippen molar-refractivity contribution in [2.75, 3.05) is 32.7 Å². The molecular weight excluding hydrogens is 360 g/mol. The summed E-state index contributed by atoms with van der Waals surface area (Å²) in [5.74, 6) is 1.58. The molecule has 0 radical (unpaired) electrons. The molecule has 158 valence electrons. The lowest BCUT2D eigenvalue weighted by Gasteiger charge is -2.32. The standard InChI is InChI=1S/C23H36N6/c1-5-24-23(25-15-20-10-9-13-28(6-2)17-20)26-16-21-11-7-8-12-22(21)29-19(4)14-18(3)27-29/h7-8,11-12,14,20H,5-6,9-10,13,15-17H2,1-4H3,(H2,24,25,26). The van der Waals surface area contributed by atoms with Gasteiger partial charge >= 0.3 is 0 Å². The van der Waals surface area contributed by atoms with E-state index in [0.29, 0.717) is 12.5 Å². The number of para-hydroxylation sites is 1. The van der Waals surface area contributed by atoms with E-state index in [1.165, 1.54) is 31.5 Å². The summed E-state index contributed by atoms with van der Waals surface area (Å²) in [5.41, 5.74) is 4.44. The van der Waals surface area contributed by atoms with Gasteiger partial charge in [0.1, 0.15) is 0 Å². The topological polar surface area (TPSA) is 57.5 Å². The molecule has 2 heterocycles. The third-order valence-electron chi connectivity index (χ3n) is 5.59. The average molecular weight is 397 g/mol. The van der Waals surface area contributed by atoms with Gasteiger partial charge in [-0.2, -0.15) is 5.10 Å². The maximum atomic E-state index is 4.87. The molecule has 6 nitrogen and oxygen atoms in total. The van der Waals surface area contributed by atoms with Crippen LogP contribution in [0.25, 0.3) is 5.69 Å². The minimum Gasteiger partial charge on any atom is -0.357 e. The first kappa shape index (κ1) is 21.4. The maximum Gasteiger partial charge on any atom is 0.191 e. The van der Waals surface area contributed by atoms with Crippen molar-refractivity contribution in [3.8, 4) is 5.69 Å². The number of piperidine rings is 1. The molecule has 29 heavy (non-hydrogen) atoms. The zero-order chi connectivity index (χ0) is 20.6. The van der Waals surface area contributed by atoms with Gasteiger partial charge < -0.3 is 15.5 Å². The number of hydrogen-bond donors (Lipinski definition) is 2. The van der Waals surface area contributed by atoms with Crippen LogP contribution in [0.3, 0.4) is 0 Å². The molecule has 1 fully saturated rings. The van der Waals surface area contributed by atoms with Crippen molar-refractivity contribution >= 4 is 5.96 Å². The number of hydrogen-bond acceptors (Lipinski definition) is 3. The van der Waals surface area contributed by atoms with E-state index in [4.69, 9.17) is 4.99 Å². The fourth-order valence-corrected chi connectivity index (χ4v) is 4.08. The summed E-state index contributed by atoms with van der Waals surface area (Å²) in [4.78, 5) is 7.42. The highest BCUT2D eigenvalue weighted by molar-refractivity contribution is 5.79. The first-order valence-corrected chi connectivity index (χ1v) is 11.0. The highest BCUT2D eigenvalue weighted by atomic mass is 15.3. The maximum absolute atomic E-state index is 4.87. The summed E-state index contributed by atoms with van der Waals surface area (Å²) >= 11 is 0. The van der Waals surface area contributed by atoms with Gasteiger partial charge in [-0.15, -0.1) is 0 Å². The number of likely N-dealkylation sites (tertiary alicyclic amines) is 1. The van der Waals surface area contributed by atoms with Crippen LogP contribution in [-0.4, -0.2) is 53.4 Å². The predicted octanol–water partition coefficient (Wildman–Crippen LogP) is 3.28. The summed E-state index contributed by atoms with van der Waals surface area (Å²) in [7, 11) is 0. The Balaban J connectivity index is 1.68. The van der Waals surface area contributed by atoms with Gasteiger partial charge in [0.05, 0.1) is 17.9 Å². The molecular formula is C23H36N6. The number of rotatable bonds is 7. The predicted molar refractivity (Wildman–Crippen MR) is 121 cm³/mol. The largest absolute Gasteiger partial charge is 0.357 e. The van der Waals surface area contributed by atoms with E-state index >= 15 is 0 Å². The van der Waals surface area contributed by atoms with Crippen LogP contribution < -0.4 is 10.6 Å². The number of nitrogens with zero attached hydrogens (tertiary/aromatic N) is 4. The second kappa shape index (κ2) is 10.4. The summed E-state index contributed by atoms with van der Waals surface area (Å²) in [6.45, 7) is 14.5. The Labute approximate surface area is 175 Å². The smallest absolute Gasteiger partial charge is 0.191 e. The van der Waals surface area contributed by atoms with Gasteiger partial charge in [-0.05, 0) is 70.3 Å². The number of aryl methyl sites for hydroxylation is 2. The molecule has 0 spiro atoms. The Morgan fingerprint density at radius 2 is 2.03 bits per heavy atom. The summed E-state index contributed by atoms with van der Waals surface area (Å²) in [5, 5.41) is 11.6. The highest BCUT2D eigenvalue weighted by Gasteiger charge is 2.18. The molecule has 1 aromatic carbocycles. The van der Waals surface area contributed by atoms with Gasteiger partial charge in [0.25, 0.3) is 0 Å². The lowest BCUT2D eigenvalue weighted by molar-refractivity contribution is 0.183. The van der Waals surface area contributed by atoms with Gasteiger partial charge in [-0.3, -0.25) is 0 Å². The van der Waals surface area contributed by atoms with Crippen molar-refractivity contribution in [1.29, 1.82) is 0 Å². The molecule has 1 aromatic heterocycles. The Hall–Kier alpha value is -2.34. The van der Waals surface area contributed by atoms with Crippen molar-refractivity contribution < 1.29 is 0 Å². The zero-order valence-corrected chi connectivity index (χ0v) is 18.4. The zero-order valence-electron chi connectivity index (χ0n) is 18.4. The second-order valence-electron chi connectivity index (χ2n) is 7.95. The molecule has 1 atom stereocenters. The van der Waals surface area contributed by atoms with E-state index in [1.807, 2.05) is 11.6 Å². The van der Waals surface area contributed by atoms with Crippen molar-refractivity contribution in [2.45, 2.75) is 47.1 Å². The van der Waals surface area contributed by atoms with Gasteiger partial charge in [-0.25, -0.2) is 9.67 Å². The van der Waals surface area contributed by atoms with E-state index in [-0.39, 0.29) is 0 Å². The number of nitrogens with one attached hydrogen (secondary N) is 2. The summed E-state index contributed by atoms with van der Waals surface area (Å²) in [6.07, 6.45) is 2.59. The Morgan fingerprint density at radius 1 is 1.21 bits per heavy atom. The van der Waals surface area contributed by atoms with E-state index in [2.05, 4.69) is 71.7 Å². The van der Waals surface area contributed by atoms with Crippen LogP contribution in [0.1, 0.15) is 43.6 Å². The molecule has 1 saturated heterocycles. The monoisotopic (exact) mass is 396 g/mol. The second-order valence-corrected chi connectivity index (χ2v) is 7.95. The van der Waals surface area contributed by atoms with E-state index in [1.54, 1.807) is 0 Å². The normalized spacial score (nSPS) is 18.1. The van der Waals surface area contributed by atoms with Crippen LogP contribution in [0.2, 0.25) is 0 Å². The Kier molecular flexibility index (Phi) is 7.69. The SMILES string of the molecule is CCNC(=NCc1ccccc1-n1nc(C)cc1C)NCC1CCCN(CC)C1. The van der Waals surface area contributed by atoms with Crippen molar-refractivity contribution in [3.05, 3.63) is 47.3 Å². The van der Waals surface area contributed by atoms with Gasteiger partial charge in [0, 0.05) is 25.3 Å². The number of aliphatic imine (C=N–C) groups is 1. The first-order valence-electron chi connectivity index (χ1n) is 11.0. The van der Waals surface area contributed by atoms with Crippen LogP contribution >= 0.6 is 0 Å². The van der Waals surface area contributed by atoms with Crippen LogP contribution in [0, 0.1) is 19.8 Å². The summed E-state index contributed by atoms with van der Waals surface area (Å²) < 4.78 is 2.02. The lowest BCUT2D eigenvalue weighted by Crippen LogP contribution is -2.44. The van der Waals surface area contributed by atoms with Crippen LogP contribution in [0.5, 0.6) is 0 Å². The first-order chi connectivity index (χ1) is 14.1. The molecule has 2 aromatic rings. The molecule has 0 saturated carbocycles. The van der Waals surface area contributed by atoms with Crippen LogP contribution in [0.4, 0.5) is 0 Å². The molecule has 1 unspecified atom stereocenters. The molecule has 1 aliphatic rings. The van der Waals surface area contributed by atoms with Gasteiger partial charge in [-0.1, -0.05) is 25.1 Å². The number of aromatic nitrogens is 2. The average Bonchev–Trinajstić information content (AvgIpc) is 3.08. The van der Waals surface area contributed by atoms with E-state index < -0.39 is 0 Å². The van der Waals surface area contributed by atoms with Gasteiger partial charge in [0.15, 0.2) is 5.96 Å². The van der Waals surface area contributed by atoms with Crippen LogP contribution in [0.15, 0.2) is 35.3 Å². The van der Waals surface area contributed by atoms with E-state index in [9.17, 15) is 0 Å². The minimum absolute atomic E-state index is 0.621. The number of guanidine groups is 1. The van der Waals surface area contributed by atoms with Crippen molar-refractivity contribution in [1.82, 2.24) is 25.3 Å². The molecule has 0 bridgehead atoms. The molecule has 0 aliphatic carbocycles. The summed E-state index contributed by atoms with van der Waals surface area (Å²) in [6, 6.07) is 10.5.